The van der Waals surface area contributed by atoms with E-state index in [1.807, 2.05) is 54.6 Å². The van der Waals surface area contributed by atoms with Crippen molar-refractivity contribution in [1.29, 1.82) is 0 Å². The first-order chi connectivity index (χ1) is 18.3. The number of rotatable bonds is 3. The summed E-state index contributed by atoms with van der Waals surface area (Å²) in [7, 11) is 0. The van der Waals surface area contributed by atoms with E-state index in [0.717, 1.165) is 66.4 Å². The van der Waals surface area contributed by atoms with Gasteiger partial charge in [-0.25, -0.2) is 9.97 Å². The monoisotopic (exact) mass is 477 g/mol. The molecule has 0 aliphatic carbocycles. The summed E-state index contributed by atoms with van der Waals surface area (Å²) in [5, 5.41) is 5.24. The van der Waals surface area contributed by atoms with E-state index in [1.54, 1.807) is 6.20 Å². The van der Waals surface area contributed by atoms with Gasteiger partial charge in [0.2, 0.25) is 5.71 Å². The number of hydrogen-bond donors (Lipinski definition) is 0. The van der Waals surface area contributed by atoms with Gasteiger partial charge in [-0.05, 0) is 47.9 Å². The van der Waals surface area contributed by atoms with Crippen LogP contribution in [0.3, 0.4) is 0 Å². The first kappa shape index (κ1) is 20.1. The molecule has 4 aromatic heterocycles. The van der Waals surface area contributed by atoms with Crippen LogP contribution in [0.5, 0.6) is 0 Å². The molecule has 0 unspecified atom stereocenters. The molecule has 0 aliphatic heterocycles. The molecule has 5 heteroatoms. The number of benzene rings is 4. The first-order valence-electron chi connectivity index (χ1n) is 12.2. The Morgan fingerprint density at radius 3 is 2.16 bits per heavy atom. The molecule has 5 nitrogen and oxygen atoms in total. The maximum Gasteiger partial charge on any atom is 0.229 e. The van der Waals surface area contributed by atoms with Gasteiger partial charge in [0.15, 0.2) is 5.58 Å². The highest BCUT2D eigenvalue weighted by atomic mass is 16.3. The normalized spacial score (nSPS) is 11.8. The Bertz CT molecular complexity index is 2120. The number of furan rings is 2. The zero-order chi connectivity index (χ0) is 24.3. The summed E-state index contributed by atoms with van der Waals surface area (Å²) in [5.41, 5.74) is 5.79. The summed E-state index contributed by atoms with van der Waals surface area (Å²) in [4.78, 5) is 11.9. The van der Waals surface area contributed by atoms with Crippen LogP contribution in [-0.4, -0.2) is 9.97 Å². The largest absolute Gasteiger partial charge is 0.454 e. The summed E-state index contributed by atoms with van der Waals surface area (Å²) in [6.45, 7) is 0. The van der Waals surface area contributed by atoms with Gasteiger partial charge < -0.3 is 8.83 Å². The minimum Gasteiger partial charge on any atom is -0.454 e. The van der Waals surface area contributed by atoms with Gasteiger partial charge >= 0.3 is 0 Å². The van der Waals surface area contributed by atoms with Crippen molar-refractivity contribution in [2.45, 2.75) is 0 Å². The molecular weight excluding hydrogens is 458 g/mol. The molecule has 0 spiro atoms. The fourth-order valence-electron chi connectivity index (χ4n) is 5.30. The molecule has 174 valence electrons. The summed E-state index contributed by atoms with van der Waals surface area (Å²) >= 11 is 0. The van der Waals surface area contributed by atoms with E-state index >= 15 is 0 Å². The van der Waals surface area contributed by atoms with Gasteiger partial charge in [0.05, 0.1) is 16.8 Å². The quantitative estimate of drug-likeness (QED) is 0.254. The number of aromatic nitrogens is 2. The van der Waals surface area contributed by atoms with Gasteiger partial charge in [-0.2, -0.15) is 0 Å². The second kappa shape index (κ2) is 7.67. The standard InChI is InChI=1S/C32H19N3O2/c1-2-10-21-20(8-1)9-7-13-24(21)35(25-18-19-33-32-30(25)22-11-3-5-14-26(22)37-32)29-17-16-28-31(34-29)23-12-4-6-15-27(23)36-28/h1-19H. The van der Waals surface area contributed by atoms with Crippen LogP contribution in [0.25, 0.3) is 54.9 Å². The minimum atomic E-state index is 0.596. The molecule has 4 aromatic carbocycles. The Morgan fingerprint density at radius 1 is 0.541 bits per heavy atom. The van der Waals surface area contributed by atoms with Crippen molar-refractivity contribution in [3.63, 3.8) is 0 Å². The van der Waals surface area contributed by atoms with Crippen LogP contribution in [0.15, 0.2) is 124 Å². The molecular formula is C32H19N3O2. The molecule has 0 N–H and O–H groups in total. The van der Waals surface area contributed by atoms with E-state index in [4.69, 9.17) is 13.8 Å². The highest BCUT2D eigenvalue weighted by molar-refractivity contribution is 6.13. The molecule has 0 bridgehead atoms. The molecule has 0 atom stereocenters. The summed E-state index contributed by atoms with van der Waals surface area (Å²) in [5.74, 6) is 0.785. The third-order valence-electron chi connectivity index (χ3n) is 6.94. The molecule has 4 heterocycles. The molecule has 37 heavy (non-hydrogen) atoms. The van der Waals surface area contributed by atoms with Crippen LogP contribution in [0.4, 0.5) is 17.2 Å². The lowest BCUT2D eigenvalue weighted by atomic mass is 10.1. The van der Waals surface area contributed by atoms with Crippen LogP contribution in [-0.2, 0) is 0 Å². The Morgan fingerprint density at radius 2 is 1.27 bits per heavy atom. The Labute approximate surface area is 211 Å². The molecule has 8 aromatic rings. The maximum absolute atomic E-state index is 6.14. The van der Waals surface area contributed by atoms with E-state index in [-0.39, 0.29) is 0 Å². The third-order valence-corrected chi connectivity index (χ3v) is 6.94. The molecule has 8 rings (SSSR count). The van der Waals surface area contributed by atoms with Gasteiger partial charge in [-0.15, -0.1) is 0 Å². The van der Waals surface area contributed by atoms with Crippen molar-refractivity contribution < 1.29 is 8.83 Å². The summed E-state index contributed by atoms with van der Waals surface area (Å²) in [6, 6.07) is 36.9. The van der Waals surface area contributed by atoms with Gasteiger partial charge in [0.1, 0.15) is 22.5 Å². The van der Waals surface area contributed by atoms with E-state index in [9.17, 15) is 0 Å². The van der Waals surface area contributed by atoms with E-state index in [0.29, 0.717) is 5.71 Å². The van der Waals surface area contributed by atoms with Crippen LogP contribution in [0.1, 0.15) is 0 Å². The van der Waals surface area contributed by atoms with Crippen molar-refractivity contribution in [2.75, 3.05) is 4.90 Å². The zero-order valence-corrected chi connectivity index (χ0v) is 19.6. The van der Waals surface area contributed by atoms with E-state index in [1.165, 1.54) is 0 Å². The number of hydrogen-bond acceptors (Lipinski definition) is 5. The number of anilines is 3. The summed E-state index contributed by atoms with van der Waals surface area (Å²) < 4.78 is 12.2. The van der Waals surface area contributed by atoms with Crippen LogP contribution >= 0.6 is 0 Å². The second-order valence-corrected chi connectivity index (χ2v) is 9.06. The predicted octanol–water partition coefficient (Wildman–Crippen LogP) is 8.90. The van der Waals surface area contributed by atoms with Crippen LogP contribution < -0.4 is 4.90 Å². The molecule has 0 aliphatic rings. The predicted molar refractivity (Wildman–Crippen MR) is 149 cm³/mol. The Kier molecular flexibility index (Phi) is 4.16. The maximum atomic E-state index is 6.14. The zero-order valence-electron chi connectivity index (χ0n) is 19.6. The number of fused-ring (bicyclic) bond motifs is 7. The van der Waals surface area contributed by atoms with Gasteiger partial charge in [-0.1, -0.05) is 66.7 Å². The fraction of sp³-hybridized carbons (Fsp3) is 0. The Hall–Kier alpha value is -5.16. The van der Waals surface area contributed by atoms with E-state index in [2.05, 4.69) is 64.5 Å². The molecule has 0 amide bonds. The number of nitrogens with zero attached hydrogens (tertiary/aromatic N) is 3. The number of pyridine rings is 2. The molecule has 0 saturated heterocycles. The highest BCUT2D eigenvalue weighted by Crippen LogP contribution is 2.44. The molecule has 0 radical (unpaired) electrons. The SMILES string of the molecule is c1ccc2c(N(c3ccc4oc5ccccc5c4n3)c3ccnc4oc5ccccc5c34)cccc2c1. The third kappa shape index (κ3) is 2.98. The average Bonchev–Trinajstić information content (AvgIpc) is 3.52. The van der Waals surface area contributed by atoms with Crippen molar-refractivity contribution >= 4 is 72.1 Å². The van der Waals surface area contributed by atoms with Crippen molar-refractivity contribution in [3.05, 3.63) is 115 Å². The second-order valence-electron chi connectivity index (χ2n) is 9.06. The molecule has 0 fully saturated rings. The topological polar surface area (TPSA) is 55.3 Å². The van der Waals surface area contributed by atoms with Crippen molar-refractivity contribution in [1.82, 2.24) is 9.97 Å². The van der Waals surface area contributed by atoms with Gasteiger partial charge in [-0.3, -0.25) is 4.90 Å². The summed E-state index contributed by atoms with van der Waals surface area (Å²) in [6.07, 6.45) is 1.80. The van der Waals surface area contributed by atoms with Gasteiger partial charge in [0.25, 0.3) is 0 Å². The Balaban J connectivity index is 1.49. The lowest BCUT2D eigenvalue weighted by molar-refractivity contribution is 0.654. The average molecular weight is 478 g/mol. The van der Waals surface area contributed by atoms with Gasteiger partial charge in [0, 0.05) is 22.4 Å². The minimum absolute atomic E-state index is 0.596. The molecule has 0 saturated carbocycles. The highest BCUT2D eigenvalue weighted by Gasteiger charge is 2.23. The number of para-hydroxylation sites is 2. The van der Waals surface area contributed by atoms with Crippen LogP contribution in [0.2, 0.25) is 0 Å². The smallest absolute Gasteiger partial charge is 0.229 e. The lowest BCUT2D eigenvalue weighted by Crippen LogP contribution is -2.12. The fourth-order valence-corrected chi connectivity index (χ4v) is 5.30. The first-order valence-corrected chi connectivity index (χ1v) is 12.2. The van der Waals surface area contributed by atoms with Crippen LogP contribution in [0, 0.1) is 0 Å². The van der Waals surface area contributed by atoms with E-state index < -0.39 is 0 Å². The lowest BCUT2D eigenvalue weighted by Gasteiger charge is -2.26. The van der Waals surface area contributed by atoms with Crippen molar-refractivity contribution in [3.8, 4) is 0 Å². The van der Waals surface area contributed by atoms with Crippen molar-refractivity contribution in [2.24, 2.45) is 0 Å².